The SMILES string of the molecule is Clc1ccc(C(CC=Cc2ccccc2Cl)Cn2ccnc2)c(Cl)c1.O=[N+]([O-])O. The molecule has 1 atom stereocenters. The first-order chi connectivity index (χ1) is 13.9. The maximum absolute atomic E-state index is 8.36. The zero-order chi connectivity index (χ0) is 21.2. The molecule has 0 saturated carbocycles. The third-order valence-electron chi connectivity index (χ3n) is 4.02. The average molecular weight is 455 g/mol. The van der Waals surface area contributed by atoms with Gasteiger partial charge in [-0.1, -0.05) is 71.2 Å². The quantitative estimate of drug-likeness (QED) is 0.346. The number of hydrogen-bond donors (Lipinski definition) is 1. The number of imidazole rings is 1. The van der Waals surface area contributed by atoms with Gasteiger partial charge in [-0.15, -0.1) is 10.1 Å². The molecule has 0 fully saturated rings. The van der Waals surface area contributed by atoms with Crippen molar-refractivity contribution in [2.45, 2.75) is 18.9 Å². The van der Waals surface area contributed by atoms with E-state index in [-0.39, 0.29) is 5.92 Å². The van der Waals surface area contributed by atoms with Gasteiger partial charge in [0.1, 0.15) is 0 Å². The van der Waals surface area contributed by atoms with Crippen molar-refractivity contribution in [3.63, 3.8) is 0 Å². The molecule has 3 rings (SSSR count). The van der Waals surface area contributed by atoms with Crippen molar-refractivity contribution in [2.24, 2.45) is 0 Å². The molecule has 3 aromatic rings. The highest BCUT2D eigenvalue weighted by atomic mass is 35.5. The van der Waals surface area contributed by atoms with E-state index in [4.69, 9.17) is 50.1 Å². The minimum Gasteiger partial charge on any atom is -0.337 e. The van der Waals surface area contributed by atoms with Crippen molar-refractivity contribution in [1.29, 1.82) is 0 Å². The molecule has 29 heavy (non-hydrogen) atoms. The second kappa shape index (κ2) is 11.5. The third-order valence-corrected chi connectivity index (χ3v) is 4.92. The highest BCUT2D eigenvalue weighted by Crippen LogP contribution is 2.31. The highest BCUT2D eigenvalue weighted by Gasteiger charge is 2.15. The Morgan fingerprint density at radius 2 is 1.90 bits per heavy atom. The zero-order valence-corrected chi connectivity index (χ0v) is 17.4. The van der Waals surface area contributed by atoms with E-state index >= 15 is 0 Å². The van der Waals surface area contributed by atoms with Gasteiger partial charge in [0.05, 0.1) is 6.33 Å². The minimum atomic E-state index is -1.50. The first kappa shape index (κ1) is 22.7. The third kappa shape index (κ3) is 7.77. The lowest BCUT2D eigenvalue weighted by Gasteiger charge is -2.18. The van der Waals surface area contributed by atoms with Gasteiger partial charge >= 0.3 is 0 Å². The summed E-state index contributed by atoms with van der Waals surface area (Å²) in [6, 6.07) is 13.5. The van der Waals surface area contributed by atoms with Crippen molar-refractivity contribution in [2.75, 3.05) is 0 Å². The molecule has 0 spiro atoms. The predicted octanol–water partition coefficient (Wildman–Crippen LogP) is 6.38. The van der Waals surface area contributed by atoms with Crippen LogP contribution in [0.1, 0.15) is 23.5 Å². The molecule has 6 nitrogen and oxygen atoms in total. The smallest absolute Gasteiger partial charge is 0.291 e. The van der Waals surface area contributed by atoms with E-state index in [0.29, 0.717) is 10.0 Å². The van der Waals surface area contributed by atoms with Gasteiger partial charge in [-0.25, -0.2) is 4.98 Å². The van der Waals surface area contributed by atoms with Crippen molar-refractivity contribution >= 4 is 40.9 Å². The Hall–Kier alpha value is -2.54. The number of rotatable bonds is 6. The average Bonchev–Trinajstić information content (AvgIpc) is 3.15. The molecule has 0 aliphatic carbocycles. The van der Waals surface area contributed by atoms with Crippen molar-refractivity contribution in [1.82, 2.24) is 9.55 Å². The molecular weight excluding hydrogens is 437 g/mol. The van der Waals surface area contributed by atoms with Crippen LogP contribution in [-0.2, 0) is 6.54 Å². The Labute approximate surface area is 183 Å². The molecule has 2 aromatic carbocycles. The monoisotopic (exact) mass is 453 g/mol. The summed E-state index contributed by atoms with van der Waals surface area (Å²) < 4.78 is 2.05. The predicted molar refractivity (Wildman–Crippen MR) is 115 cm³/mol. The van der Waals surface area contributed by atoms with Crippen LogP contribution >= 0.6 is 34.8 Å². The first-order valence-corrected chi connectivity index (χ1v) is 9.65. The minimum absolute atomic E-state index is 0.206. The summed E-state index contributed by atoms with van der Waals surface area (Å²) in [4.78, 5) is 12.5. The fourth-order valence-electron chi connectivity index (χ4n) is 2.75. The van der Waals surface area contributed by atoms with E-state index in [1.807, 2.05) is 55.0 Å². The Morgan fingerprint density at radius 3 is 2.52 bits per heavy atom. The second-order valence-corrected chi connectivity index (χ2v) is 7.27. The number of benzene rings is 2. The summed E-state index contributed by atoms with van der Waals surface area (Å²) in [5.74, 6) is 0.206. The fourth-order valence-corrected chi connectivity index (χ4v) is 3.51. The maximum atomic E-state index is 8.36. The topological polar surface area (TPSA) is 81.2 Å². The lowest BCUT2D eigenvalue weighted by molar-refractivity contribution is -0.742. The van der Waals surface area contributed by atoms with Crippen LogP contribution < -0.4 is 0 Å². The highest BCUT2D eigenvalue weighted by molar-refractivity contribution is 6.35. The van der Waals surface area contributed by atoms with Gasteiger partial charge < -0.3 is 9.77 Å². The summed E-state index contributed by atoms with van der Waals surface area (Å²) in [5.41, 5.74) is 2.08. The van der Waals surface area contributed by atoms with Gasteiger partial charge in [-0.2, -0.15) is 0 Å². The normalized spacial score (nSPS) is 11.7. The van der Waals surface area contributed by atoms with Gasteiger partial charge in [-0.05, 0) is 35.7 Å². The van der Waals surface area contributed by atoms with E-state index in [2.05, 4.69) is 15.6 Å². The molecule has 0 saturated heterocycles. The molecular formula is C20H18Cl3N3O3. The molecule has 1 N–H and O–H groups in total. The lowest BCUT2D eigenvalue weighted by Crippen LogP contribution is -2.08. The van der Waals surface area contributed by atoms with E-state index in [9.17, 15) is 0 Å². The Balaban J connectivity index is 0.000000687. The maximum Gasteiger partial charge on any atom is 0.291 e. The molecule has 0 radical (unpaired) electrons. The molecule has 1 aromatic heterocycles. The molecule has 152 valence electrons. The second-order valence-electron chi connectivity index (χ2n) is 6.02. The summed E-state index contributed by atoms with van der Waals surface area (Å²) in [6.07, 6.45) is 10.6. The van der Waals surface area contributed by atoms with Crippen molar-refractivity contribution in [3.05, 3.63) is 104 Å². The molecule has 0 bridgehead atoms. The fraction of sp³-hybridized carbons (Fsp3) is 0.150. The molecule has 1 unspecified atom stereocenters. The van der Waals surface area contributed by atoms with E-state index in [0.717, 1.165) is 29.1 Å². The molecule has 0 amide bonds. The number of halogens is 3. The van der Waals surface area contributed by atoms with Crippen LogP contribution in [0, 0.1) is 10.1 Å². The van der Waals surface area contributed by atoms with Crippen molar-refractivity contribution < 1.29 is 10.3 Å². The lowest BCUT2D eigenvalue weighted by atomic mass is 9.95. The zero-order valence-electron chi connectivity index (χ0n) is 15.2. The largest absolute Gasteiger partial charge is 0.337 e. The number of allylic oxidation sites excluding steroid dienone is 1. The van der Waals surface area contributed by atoms with Crippen LogP contribution in [0.3, 0.4) is 0 Å². The van der Waals surface area contributed by atoms with Gasteiger partial charge in [0.15, 0.2) is 0 Å². The van der Waals surface area contributed by atoms with E-state index in [1.165, 1.54) is 0 Å². The van der Waals surface area contributed by atoms with Gasteiger partial charge in [0.2, 0.25) is 0 Å². The standard InChI is InChI=1S/C20H17Cl3N2.HNO3/c21-17-8-9-18(20(23)12-17)16(13-25-11-10-24-14-25)6-3-5-15-4-1-2-7-19(15)22;2-1(3)4/h1-5,7-12,14,16H,6,13H2;(H,2,3,4). The Morgan fingerprint density at radius 1 is 1.17 bits per heavy atom. The molecule has 9 heteroatoms. The Kier molecular flexibility index (Phi) is 8.99. The van der Waals surface area contributed by atoms with Crippen molar-refractivity contribution in [3.8, 4) is 0 Å². The van der Waals surface area contributed by atoms with Crippen LogP contribution in [-0.4, -0.2) is 19.8 Å². The number of nitrogens with zero attached hydrogens (tertiary/aromatic N) is 3. The number of hydrogen-bond acceptors (Lipinski definition) is 3. The Bertz CT molecular complexity index is 959. The van der Waals surface area contributed by atoms with Gasteiger partial charge in [0, 0.05) is 39.9 Å². The first-order valence-electron chi connectivity index (χ1n) is 8.52. The molecule has 1 heterocycles. The summed E-state index contributed by atoms with van der Waals surface area (Å²) in [6.45, 7) is 0.786. The van der Waals surface area contributed by atoms with Crippen LogP contribution in [0.5, 0.6) is 0 Å². The molecule has 0 aliphatic rings. The molecule has 0 aliphatic heterocycles. The summed E-state index contributed by atoms with van der Waals surface area (Å²) in [7, 11) is 0. The van der Waals surface area contributed by atoms with Gasteiger partial charge in [-0.3, -0.25) is 0 Å². The number of aromatic nitrogens is 2. The van der Waals surface area contributed by atoms with Crippen LogP contribution in [0.2, 0.25) is 15.1 Å². The van der Waals surface area contributed by atoms with Crippen LogP contribution in [0.25, 0.3) is 6.08 Å². The van der Waals surface area contributed by atoms with Crippen LogP contribution in [0.4, 0.5) is 0 Å². The van der Waals surface area contributed by atoms with Crippen LogP contribution in [0.15, 0.2) is 67.3 Å². The summed E-state index contributed by atoms with van der Waals surface area (Å²) >= 11 is 18.7. The van der Waals surface area contributed by atoms with E-state index in [1.54, 1.807) is 12.3 Å². The van der Waals surface area contributed by atoms with E-state index < -0.39 is 5.09 Å². The summed E-state index contributed by atoms with van der Waals surface area (Å²) in [5, 5.41) is 15.7. The van der Waals surface area contributed by atoms with Gasteiger partial charge in [0.25, 0.3) is 5.09 Å².